The summed E-state index contributed by atoms with van der Waals surface area (Å²) >= 11 is 0. The topological polar surface area (TPSA) is 137 Å². The fourth-order valence-corrected chi connectivity index (χ4v) is 5.31. The van der Waals surface area contributed by atoms with Crippen LogP contribution in [0.1, 0.15) is 63.2 Å². The van der Waals surface area contributed by atoms with Crippen LogP contribution in [-0.2, 0) is 17.8 Å². The first-order valence-electron chi connectivity index (χ1n) is 11.4. The molecule has 9 heteroatoms. The van der Waals surface area contributed by atoms with E-state index in [0.29, 0.717) is 48.0 Å². The molecule has 2 heterocycles. The SMILES string of the molecule is COc1ccc(C(=O)N[C@H]2CC3(C2)C[C@H](Oc2nc4c(cc2C(N)=O)COCC4)C3)cc1C#N. The van der Waals surface area contributed by atoms with Crippen LogP contribution in [0.15, 0.2) is 24.3 Å². The molecule has 3 N–H and O–H groups in total. The lowest BCUT2D eigenvalue weighted by molar-refractivity contribution is -0.0849. The number of amides is 2. The molecule has 2 aliphatic carbocycles. The number of hydrogen-bond acceptors (Lipinski definition) is 7. The molecule has 0 bridgehead atoms. The maximum absolute atomic E-state index is 12.6. The van der Waals surface area contributed by atoms with Gasteiger partial charge in [-0.15, -0.1) is 0 Å². The van der Waals surface area contributed by atoms with E-state index in [1.54, 1.807) is 24.3 Å². The number of methoxy groups -OCH3 is 1. The van der Waals surface area contributed by atoms with Crippen molar-refractivity contribution in [2.24, 2.45) is 11.1 Å². The number of carbonyl (C=O) groups is 2. The summed E-state index contributed by atoms with van der Waals surface area (Å²) in [7, 11) is 1.49. The van der Waals surface area contributed by atoms with Gasteiger partial charge in [0.2, 0.25) is 5.88 Å². The number of hydrogen-bond donors (Lipinski definition) is 2. The number of nitrogens with one attached hydrogen (secondary N) is 1. The molecule has 34 heavy (non-hydrogen) atoms. The van der Waals surface area contributed by atoms with Gasteiger partial charge >= 0.3 is 0 Å². The Labute approximate surface area is 197 Å². The number of pyridine rings is 1. The number of carbonyl (C=O) groups excluding carboxylic acids is 2. The summed E-state index contributed by atoms with van der Waals surface area (Å²) < 4.78 is 16.7. The maximum atomic E-state index is 12.6. The van der Waals surface area contributed by atoms with Crippen LogP contribution in [0.4, 0.5) is 0 Å². The minimum Gasteiger partial charge on any atom is -0.495 e. The molecule has 0 atom stereocenters. The fraction of sp³-hybridized carbons (Fsp3) is 0.440. The number of benzene rings is 1. The van der Waals surface area contributed by atoms with E-state index < -0.39 is 5.91 Å². The van der Waals surface area contributed by atoms with Crippen LogP contribution in [0, 0.1) is 16.7 Å². The van der Waals surface area contributed by atoms with Crippen LogP contribution < -0.4 is 20.5 Å². The van der Waals surface area contributed by atoms with Gasteiger partial charge < -0.3 is 25.3 Å². The average molecular weight is 463 g/mol. The number of fused-ring (bicyclic) bond motifs is 1. The molecule has 2 amide bonds. The van der Waals surface area contributed by atoms with Gasteiger partial charge in [-0.3, -0.25) is 9.59 Å². The Balaban J connectivity index is 1.16. The van der Waals surface area contributed by atoms with Gasteiger partial charge in [0.05, 0.1) is 31.6 Å². The molecule has 176 valence electrons. The molecular formula is C25H26N4O5. The van der Waals surface area contributed by atoms with Gasteiger partial charge in [-0.25, -0.2) is 4.98 Å². The summed E-state index contributed by atoms with van der Waals surface area (Å²) in [5, 5.41) is 12.3. The maximum Gasteiger partial charge on any atom is 0.254 e. The zero-order valence-corrected chi connectivity index (χ0v) is 18.9. The van der Waals surface area contributed by atoms with Crippen molar-refractivity contribution in [3.05, 3.63) is 52.2 Å². The average Bonchev–Trinajstić information content (AvgIpc) is 2.80. The Bertz CT molecular complexity index is 1190. The van der Waals surface area contributed by atoms with Crippen molar-refractivity contribution < 1.29 is 23.8 Å². The van der Waals surface area contributed by atoms with Gasteiger partial charge in [-0.2, -0.15) is 5.26 Å². The number of nitrogens with zero attached hydrogens (tertiary/aromatic N) is 2. The Morgan fingerprint density at radius 1 is 1.26 bits per heavy atom. The van der Waals surface area contributed by atoms with Crippen LogP contribution in [-0.4, -0.2) is 42.7 Å². The quantitative estimate of drug-likeness (QED) is 0.672. The molecule has 2 fully saturated rings. The van der Waals surface area contributed by atoms with Crippen LogP contribution in [0.3, 0.4) is 0 Å². The summed E-state index contributed by atoms with van der Waals surface area (Å²) in [6.45, 7) is 1.03. The van der Waals surface area contributed by atoms with Gasteiger partial charge in [-0.05, 0) is 55.4 Å². The predicted octanol–water partition coefficient (Wildman–Crippen LogP) is 2.25. The molecule has 5 rings (SSSR count). The fourth-order valence-electron chi connectivity index (χ4n) is 5.31. The van der Waals surface area contributed by atoms with Crippen LogP contribution in [0.25, 0.3) is 0 Å². The lowest BCUT2D eigenvalue weighted by Crippen LogP contribution is -2.58. The highest BCUT2D eigenvalue weighted by atomic mass is 16.5. The van der Waals surface area contributed by atoms with E-state index in [9.17, 15) is 14.9 Å². The summed E-state index contributed by atoms with van der Waals surface area (Å²) in [6.07, 6.45) is 4.10. The van der Waals surface area contributed by atoms with Crippen LogP contribution >= 0.6 is 0 Å². The van der Waals surface area contributed by atoms with E-state index in [1.807, 2.05) is 6.07 Å². The third-order valence-electron chi connectivity index (χ3n) is 7.04. The summed E-state index contributed by atoms with van der Waals surface area (Å²) in [5.74, 6) is 0.00209. The highest BCUT2D eigenvalue weighted by molar-refractivity contribution is 5.95. The van der Waals surface area contributed by atoms with E-state index >= 15 is 0 Å². The van der Waals surface area contributed by atoms with Crippen LogP contribution in [0.5, 0.6) is 11.6 Å². The van der Waals surface area contributed by atoms with Crippen molar-refractivity contribution in [2.45, 2.75) is 50.9 Å². The first kappa shape index (κ1) is 22.2. The second-order valence-electron chi connectivity index (χ2n) is 9.37. The Morgan fingerprint density at radius 2 is 2.06 bits per heavy atom. The normalized spacial score (nSPS) is 24.7. The molecule has 0 radical (unpaired) electrons. The molecule has 1 aromatic carbocycles. The standard InChI is InChI=1S/C25H26N4O5/c1-32-21-3-2-14(6-15(21)12-26)23(31)28-17-8-25(9-17)10-18(11-25)34-24-19(22(27)30)7-16-13-33-5-4-20(16)29-24/h2-3,6-7,17-18H,4-5,8-11,13H2,1H3,(H2,27,30)(H,28,31)/t17-,18-,25?. The highest BCUT2D eigenvalue weighted by Crippen LogP contribution is 2.56. The third-order valence-corrected chi connectivity index (χ3v) is 7.04. The molecule has 2 saturated carbocycles. The zero-order chi connectivity index (χ0) is 23.9. The van der Waals surface area contributed by atoms with Crippen molar-refractivity contribution in [1.29, 1.82) is 5.26 Å². The zero-order valence-electron chi connectivity index (χ0n) is 18.9. The summed E-state index contributed by atoms with van der Waals surface area (Å²) in [4.78, 5) is 29.1. The largest absolute Gasteiger partial charge is 0.495 e. The highest BCUT2D eigenvalue weighted by Gasteiger charge is 2.54. The van der Waals surface area contributed by atoms with Crippen molar-refractivity contribution in [1.82, 2.24) is 10.3 Å². The predicted molar refractivity (Wildman–Crippen MR) is 120 cm³/mol. The molecule has 2 aromatic rings. The van der Waals surface area contributed by atoms with Gasteiger partial charge in [0.1, 0.15) is 23.5 Å². The number of ether oxygens (including phenoxy) is 3. The van der Waals surface area contributed by atoms with E-state index in [4.69, 9.17) is 19.9 Å². The molecule has 3 aliphatic rings. The number of primary amides is 1. The van der Waals surface area contributed by atoms with Gasteiger partial charge in [0.25, 0.3) is 11.8 Å². The van der Waals surface area contributed by atoms with Crippen molar-refractivity contribution >= 4 is 11.8 Å². The van der Waals surface area contributed by atoms with Crippen molar-refractivity contribution in [3.63, 3.8) is 0 Å². The van der Waals surface area contributed by atoms with Crippen molar-refractivity contribution in [3.8, 4) is 17.7 Å². The smallest absolute Gasteiger partial charge is 0.254 e. The number of rotatable bonds is 6. The molecule has 1 spiro atoms. The first-order chi connectivity index (χ1) is 16.4. The molecule has 0 unspecified atom stereocenters. The Hall–Kier alpha value is -3.64. The van der Waals surface area contributed by atoms with Gasteiger partial charge in [0.15, 0.2) is 0 Å². The lowest BCUT2D eigenvalue weighted by Gasteiger charge is -2.57. The van der Waals surface area contributed by atoms with E-state index in [1.165, 1.54) is 7.11 Å². The summed E-state index contributed by atoms with van der Waals surface area (Å²) in [6, 6.07) is 8.70. The molecule has 1 aliphatic heterocycles. The molecule has 9 nitrogen and oxygen atoms in total. The number of aromatic nitrogens is 1. The second-order valence-corrected chi connectivity index (χ2v) is 9.37. The number of nitrogens with two attached hydrogens (primary N) is 1. The Kier molecular flexibility index (Phi) is 5.62. The van der Waals surface area contributed by atoms with Crippen molar-refractivity contribution in [2.75, 3.05) is 13.7 Å². The van der Waals surface area contributed by atoms with E-state index in [-0.39, 0.29) is 23.5 Å². The summed E-state index contributed by atoms with van der Waals surface area (Å²) in [5.41, 5.74) is 8.54. The van der Waals surface area contributed by atoms with Crippen LogP contribution in [0.2, 0.25) is 0 Å². The lowest BCUT2D eigenvalue weighted by atomic mass is 9.53. The third kappa shape index (κ3) is 4.05. The molecule has 0 saturated heterocycles. The molecular weight excluding hydrogens is 436 g/mol. The minimum absolute atomic E-state index is 0.0279. The van der Waals surface area contributed by atoms with E-state index in [2.05, 4.69) is 10.3 Å². The first-order valence-corrected chi connectivity index (χ1v) is 11.4. The van der Waals surface area contributed by atoms with Gasteiger partial charge in [0, 0.05) is 23.6 Å². The van der Waals surface area contributed by atoms with E-state index in [0.717, 1.165) is 36.9 Å². The number of nitriles is 1. The Morgan fingerprint density at radius 3 is 2.76 bits per heavy atom. The second kappa shape index (κ2) is 8.61. The minimum atomic E-state index is -0.561. The molecule has 1 aromatic heterocycles. The van der Waals surface area contributed by atoms with Gasteiger partial charge in [-0.1, -0.05) is 0 Å². The monoisotopic (exact) mass is 462 g/mol.